The van der Waals surface area contributed by atoms with Crippen LogP contribution in [0.25, 0.3) is 0 Å². The van der Waals surface area contributed by atoms with E-state index >= 15 is 0 Å². The predicted molar refractivity (Wildman–Crippen MR) is 192 cm³/mol. The maximum absolute atomic E-state index is 12.6. The number of hydrogen-bond donors (Lipinski definition) is 0. The van der Waals surface area contributed by atoms with Crippen molar-refractivity contribution in [1.82, 2.24) is 0 Å². The molecule has 0 saturated heterocycles. The number of carbonyl (C=O) groups excluding carboxylic acids is 3. The summed E-state index contributed by atoms with van der Waals surface area (Å²) in [5.74, 6) is -0.881. The molecule has 6 nitrogen and oxygen atoms in total. The standard InChI is InChI=1S/C40H76O6/c1-4-7-10-13-15-16-17-18-19-20-21-22-23-25-28-31-34-40(43)46-37(35-44-38(41)32-29-26-12-9-6-3)36-45-39(42)33-30-27-24-14-11-8-5-2/h37H,4-36H2,1-3H3/t37-/m0/s1. The molecule has 0 aromatic heterocycles. The van der Waals surface area contributed by atoms with Crippen LogP contribution in [-0.4, -0.2) is 37.2 Å². The molecule has 0 aromatic carbocycles. The molecule has 0 rings (SSSR count). The van der Waals surface area contributed by atoms with E-state index in [-0.39, 0.29) is 31.1 Å². The molecule has 0 aromatic rings. The van der Waals surface area contributed by atoms with Gasteiger partial charge in [0.25, 0.3) is 0 Å². The third-order valence-electron chi connectivity index (χ3n) is 8.86. The summed E-state index contributed by atoms with van der Waals surface area (Å²) in [5.41, 5.74) is 0. The van der Waals surface area contributed by atoms with Crippen LogP contribution in [0.2, 0.25) is 0 Å². The molecule has 1 atom stereocenters. The van der Waals surface area contributed by atoms with Gasteiger partial charge < -0.3 is 14.2 Å². The van der Waals surface area contributed by atoms with Crippen molar-refractivity contribution in [2.45, 2.75) is 226 Å². The quantitative estimate of drug-likeness (QED) is 0.0381. The molecule has 0 amide bonds. The van der Waals surface area contributed by atoms with Crippen molar-refractivity contribution in [3.05, 3.63) is 0 Å². The summed E-state index contributed by atoms with van der Waals surface area (Å²) < 4.78 is 16.5. The predicted octanol–water partition coefficient (Wildman–Crippen LogP) is 12.1. The topological polar surface area (TPSA) is 78.9 Å². The molecule has 0 aliphatic carbocycles. The molecule has 0 heterocycles. The Morgan fingerprint density at radius 3 is 0.870 bits per heavy atom. The monoisotopic (exact) mass is 653 g/mol. The van der Waals surface area contributed by atoms with Gasteiger partial charge in [0.1, 0.15) is 13.2 Å². The highest BCUT2D eigenvalue weighted by Crippen LogP contribution is 2.15. The van der Waals surface area contributed by atoms with Crippen LogP contribution in [0.5, 0.6) is 0 Å². The Morgan fingerprint density at radius 2 is 0.587 bits per heavy atom. The van der Waals surface area contributed by atoms with E-state index in [1.165, 1.54) is 116 Å². The molecular formula is C40H76O6. The fourth-order valence-electron chi connectivity index (χ4n) is 5.79. The highest BCUT2D eigenvalue weighted by Gasteiger charge is 2.19. The maximum atomic E-state index is 12.6. The van der Waals surface area contributed by atoms with Crippen LogP contribution in [0.15, 0.2) is 0 Å². The normalized spacial score (nSPS) is 11.8. The van der Waals surface area contributed by atoms with Gasteiger partial charge in [-0.15, -0.1) is 0 Å². The summed E-state index contributed by atoms with van der Waals surface area (Å²) in [5, 5.41) is 0. The van der Waals surface area contributed by atoms with Gasteiger partial charge in [0, 0.05) is 19.3 Å². The van der Waals surface area contributed by atoms with Gasteiger partial charge in [-0.1, -0.05) is 181 Å². The minimum Gasteiger partial charge on any atom is -0.462 e. The lowest BCUT2D eigenvalue weighted by molar-refractivity contribution is -0.167. The van der Waals surface area contributed by atoms with Crippen molar-refractivity contribution in [2.24, 2.45) is 0 Å². The van der Waals surface area contributed by atoms with E-state index in [0.29, 0.717) is 19.3 Å². The fourth-order valence-corrected chi connectivity index (χ4v) is 5.79. The van der Waals surface area contributed by atoms with Gasteiger partial charge >= 0.3 is 17.9 Å². The highest BCUT2D eigenvalue weighted by atomic mass is 16.6. The molecule has 272 valence electrons. The highest BCUT2D eigenvalue weighted by molar-refractivity contribution is 5.71. The number of carbonyl (C=O) groups is 3. The zero-order valence-corrected chi connectivity index (χ0v) is 30.9. The SMILES string of the molecule is CCCCCCCCCCCCCCCCCCC(=O)O[C@@H](COC(=O)CCCCCCC)COC(=O)CCCCCCCCC. The minimum atomic E-state index is -0.754. The third kappa shape index (κ3) is 33.8. The Bertz CT molecular complexity index is 679. The zero-order chi connectivity index (χ0) is 33.8. The minimum absolute atomic E-state index is 0.0657. The molecule has 46 heavy (non-hydrogen) atoms. The van der Waals surface area contributed by atoms with Gasteiger partial charge in [0.05, 0.1) is 0 Å². The lowest BCUT2D eigenvalue weighted by Gasteiger charge is -2.18. The molecule has 0 fully saturated rings. The molecule has 0 aliphatic rings. The van der Waals surface area contributed by atoms with Gasteiger partial charge in [-0.3, -0.25) is 14.4 Å². The van der Waals surface area contributed by atoms with E-state index in [9.17, 15) is 14.4 Å². The van der Waals surface area contributed by atoms with Gasteiger partial charge in [-0.05, 0) is 19.3 Å². The van der Waals surface area contributed by atoms with E-state index in [1.807, 2.05) is 0 Å². The number of ether oxygens (including phenoxy) is 3. The summed E-state index contributed by atoms with van der Waals surface area (Å²) in [6.45, 7) is 6.51. The Hall–Kier alpha value is -1.59. The van der Waals surface area contributed by atoms with Crippen molar-refractivity contribution in [3.63, 3.8) is 0 Å². The lowest BCUT2D eigenvalue weighted by atomic mass is 10.0. The van der Waals surface area contributed by atoms with Gasteiger partial charge in [0.15, 0.2) is 6.10 Å². The Kier molecular flexibility index (Phi) is 35.0. The molecule has 0 saturated carbocycles. The van der Waals surface area contributed by atoms with Crippen LogP contribution in [0.4, 0.5) is 0 Å². The van der Waals surface area contributed by atoms with Crippen LogP contribution in [0.1, 0.15) is 220 Å². The van der Waals surface area contributed by atoms with Crippen molar-refractivity contribution >= 4 is 17.9 Å². The molecule has 0 radical (unpaired) electrons. The van der Waals surface area contributed by atoms with E-state index in [0.717, 1.165) is 64.2 Å². The van der Waals surface area contributed by atoms with Crippen molar-refractivity contribution in [1.29, 1.82) is 0 Å². The number of esters is 3. The largest absolute Gasteiger partial charge is 0.462 e. The molecule has 0 bridgehead atoms. The second-order valence-corrected chi connectivity index (χ2v) is 13.6. The van der Waals surface area contributed by atoms with Crippen LogP contribution in [0.3, 0.4) is 0 Å². The van der Waals surface area contributed by atoms with Crippen LogP contribution >= 0.6 is 0 Å². The molecular weight excluding hydrogens is 576 g/mol. The van der Waals surface area contributed by atoms with Crippen LogP contribution in [0, 0.1) is 0 Å². The van der Waals surface area contributed by atoms with Crippen molar-refractivity contribution in [3.8, 4) is 0 Å². The first-order valence-corrected chi connectivity index (χ1v) is 20.0. The first-order chi connectivity index (χ1) is 22.5. The summed E-state index contributed by atoms with van der Waals surface area (Å²) in [6.07, 6.45) is 34.1. The number of hydrogen-bond acceptors (Lipinski definition) is 6. The second-order valence-electron chi connectivity index (χ2n) is 13.6. The van der Waals surface area contributed by atoms with Gasteiger partial charge in [-0.2, -0.15) is 0 Å². The molecule has 0 spiro atoms. The van der Waals surface area contributed by atoms with Crippen LogP contribution in [-0.2, 0) is 28.6 Å². The summed E-state index contributed by atoms with van der Waals surface area (Å²) in [4.78, 5) is 37.1. The van der Waals surface area contributed by atoms with Crippen molar-refractivity contribution < 1.29 is 28.6 Å². The smallest absolute Gasteiger partial charge is 0.306 e. The number of rotatable bonds is 36. The fraction of sp³-hybridized carbons (Fsp3) is 0.925. The third-order valence-corrected chi connectivity index (χ3v) is 8.86. The van der Waals surface area contributed by atoms with E-state index < -0.39 is 6.10 Å². The number of unbranched alkanes of at least 4 members (excludes halogenated alkanes) is 25. The van der Waals surface area contributed by atoms with E-state index in [2.05, 4.69) is 20.8 Å². The summed E-state index contributed by atoms with van der Waals surface area (Å²) >= 11 is 0. The molecule has 0 aliphatic heterocycles. The average Bonchev–Trinajstić information content (AvgIpc) is 3.05. The first-order valence-electron chi connectivity index (χ1n) is 20.0. The first kappa shape index (κ1) is 44.4. The summed E-state index contributed by atoms with van der Waals surface area (Å²) in [7, 11) is 0. The summed E-state index contributed by atoms with van der Waals surface area (Å²) in [6, 6.07) is 0. The Morgan fingerprint density at radius 1 is 0.348 bits per heavy atom. The molecule has 6 heteroatoms. The van der Waals surface area contributed by atoms with Crippen LogP contribution < -0.4 is 0 Å². The molecule has 0 unspecified atom stereocenters. The van der Waals surface area contributed by atoms with Crippen molar-refractivity contribution in [2.75, 3.05) is 13.2 Å². The van der Waals surface area contributed by atoms with Gasteiger partial charge in [0.2, 0.25) is 0 Å². The van der Waals surface area contributed by atoms with Gasteiger partial charge in [-0.25, -0.2) is 0 Å². The Balaban J connectivity index is 4.16. The average molecular weight is 653 g/mol. The maximum Gasteiger partial charge on any atom is 0.306 e. The van der Waals surface area contributed by atoms with E-state index in [1.54, 1.807) is 0 Å². The van der Waals surface area contributed by atoms with E-state index in [4.69, 9.17) is 14.2 Å². The Labute approximate surface area is 285 Å². The second kappa shape index (κ2) is 36.2. The zero-order valence-electron chi connectivity index (χ0n) is 30.9. The molecule has 0 N–H and O–H groups in total. The lowest BCUT2D eigenvalue weighted by Crippen LogP contribution is -2.30.